The van der Waals surface area contributed by atoms with Crippen LogP contribution in [0.1, 0.15) is 30.6 Å². The third-order valence-corrected chi connectivity index (χ3v) is 3.09. The molecule has 1 unspecified atom stereocenters. The number of benzene rings is 1. The van der Waals surface area contributed by atoms with E-state index >= 15 is 0 Å². The summed E-state index contributed by atoms with van der Waals surface area (Å²) in [5.41, 5.74) is 0.540. The van der Waals surface area contributed by atoms with E-state index in [1.165, 1.54) is 7.05 Å². The highest BCUT2D eigenvalue weighted by atomic mass is 79.9. The van der Waals surface area contributed by atoms with E-state index in [-0.39, 0.29) is 11.7 Å². The van der Waals surface area contributed by atoms with E-state index in [0.717, 1.165) is 4.47 Å². The van der Waals surface area contributed by atoms with Crippen molar-refractivity contribution in [2.75, 3.05) is 7.05 Å². The average molecular weight is 328 g/mol. The Balaban J connectivity index is 2.86. The Morgan fingerprint density at radius 1 is 1.26 bits per heavy atom. The Hall–Kier alpha value is -1.36. The molecule has 0 aliphatic carbocycles. The molecule has 1 aromatic carbocycles. The third-order valence-electron chi connectivity index (χ3n) is 2.56. The van der Waals surface area contributed by atoms with Crippen LogP contribution in [-0.2, 0) is 4.74 Å². The van der Waals surface area contributed by atoms with Crippen molar-refractivity contribution in [2.24, 2.45) is 5.92 Å². The number of amides is 1. The molecule has 1 aromatic rings. The highest BCUT2D eigenvalue weighted by Gasteiger charge is 2.24. The zero-order valence-electron chi connectivity index (χ0n) is 11.3. The van der Waals surface area contributed by atoms with Crippen molar-refractivity contribution in [1.29, 1.82) is 0 Å². The molecule has 0 saturated carbocycles. The van der Waals surface area contributed by atoms with Gasteiger partial charge in [0.1, 0.15) is 0 Å². The molecule has 0 aromatic heterocycles. The van der Waals surface area contributed by atoms with Crippen molar-refractivity contribution < 1.29 is 14.3 Å². The van der Waals surface area contributed by atoms with Gasteiger partial charge >= 0.3 is 6.09 Å². The summed E-state index contributed by atoms with van der Waals surface area (Å²) in [5, 5.41) is 2.36. The normalized spacial score (nSPS) is 12.1. The highest BCUT2D eigenvalue weighted by molar-refractivity contribution is 9.10. The number of alkyl carbamates (subject to hydrolysis) is 1. The Morgan fingerprint density at radius 2 is 1.84 bits per heavy atom. The number of carbonyl (C=O) groups is 2. The van der Waals surface area contributed by atoms with Gasteiger partial charge in [0.25, 0.3) is 0 Å². The molecule has 19 heavy (non-hydrogen) atoms. The van der Waals surface area contributed by atoms with Gasteiger partial charge in [0.05, 0.1) is 0 Å². The molecule has 1 amide bonds. The predicted molar refractivity (Wildman–Crippen MR) is 77.3 cm³/mol. The molecule has 1 N–H and O–H groups in total. The van der Waals surface area contributed by atoms with Gasteiger partial charge in [0.2, 0.25) is 5.78 Å². The summed E-state index contributed by atoms with van der Waals surface area (Å²) in [6.07, 6.45) is -0.834. The van der Waals surface area contributed by atoms with Crippen LogP contribution >= 0.6 is 15.9 Å². The summed E-state index contributed by atoms with van der Waals surface area (Å²) in [6.45, 7) is 3.96. The maximum Gasteiger partial charge on any atom is 0.407 e. The minimum atomic E-state index is -0.749. The van der Waals surface area contributed by atoms with Crippen LogP contribution in [0.4, 0.5) is 4.79 Å². The monoisotopic (exact) mass is 327 g/mol. The number of hydrogen-bond acceptors (Lipinski definition) is 3. The molecule has 5 heteroatoms. The van der Waals surface area contributed by atoms with E-state index in [4.69, 9.17) is 4.74 Å². The summed E-state index contributed by atoms with van der Waals surface area (Å²) in [5.74, 6) is 0.0823. The van der Waals surface area contributed by atoms with E-state index in [2.05, 4.69) is 21.2 Å². The quantitative estimate of drug-likeness (QED) is 0.843. The number of carbonyl (C=O) groups excluding carboxylic acids is 2. The van der Waals surface area contributed by atoms with Gasteiger partial charge in [-0.15, -0.1) is 0 Å². The molecule has 0 bridgehead atoms. The van der Waals surface area contributed by atoms with Gasteiger partial charge in [-0.3, -0.25) is 4.79 Å². The van der Waals surface area contributed by atoms with Crippen molar-refractivity contribution in [3.05, 3.63) is 34.3 Å². The van der Waals surface area contributed by atoms with Gasteiger partial charge in [-0.25, -0.2) is 4.79 Å². The van der Waals surface area contributed by atoms with E-state index in [0.29, 0.717) is 12.0 Å². The molecule has 4 nitrogen and oxygen atoms in total. The van der Waals surface area contributed by atoms with Crippen LogP contribution < -0.4 is 5.32 Å². The summed E-state index contributed by atoms with van der Waals surface area (Å²) in [7, 11) is 1.47. The maximum atomic E-state index is 12.3. The first kappa shape index (κ1) is 15.7. The topological polar surface area (TPSA) is 55.4 Å². The van der Waals surface area contributed by atoms with Crippen molar-refractivity contribution in [2.45, 2.75) is 26.4 Å². The van der Waals surface area contributed by atoms with Crippen molar-refractivity contribution in [3.63, 3.8) is 0 Å². The van der Waals surface area contributed by atoms with Gasteiger partial charge in [-0.1, -0.05) is 41.9 Å². The van der Waals surface area contributed by atoms with Crippen LogP contribution in [0, 0.1) is 5.92 Å². The molecular formula is C14H18BrNO3. The minimum Gasteiger partial charge on any atom is -0.438 e. The zero-order valence-corrected chi connectivity index (χ0v) is 12.9. The van der Waals surface area contributed by atoms with Crippen LogP contribution in [-0.4, -0.2) is 25.0 Å². The Morgan fingerprint density at radius 3 is 2.32 bits per heavy atom. The van der Waals surface area contributed by atoms with Crippen LogP contribution in [0.2, 0.25) is 0 Å². The first-order valence-corrected chi connectivity index (χ1v) is 6.91. The van der Waals surface area contributed by atoms with Gasteiger partial charge in [0, 0.05) is 17.1 Å². The Kier molecular flexibility index (Phi) is 6.02. The van der Waals surface area contributed by atoms with Gasteiger partial charge in [-0.05, 0) is 24.5 Å². The number of nitrogens with one attached hydrogen (secondary N) is 1. The average Bonchev–Trinajstić information content (AvgIpc) is 2.37. The second kappa shape index (κ2) is 7.28. The fourth-order valence-corrected chi connectivity index (χ4v) is 1.89. The van der Waals surface area contributed by atoms with Crippen LogP contribution in [0.5, 0.6) is 0 Å². The molecule has 0 radical (unpaired) electrons. The van der Waals surface area contributed by atoms with Crippen LogP contribution in [0.15, 0.2) is 28.7 Å². The Bertz CT molecular complexity index is 443. The number of hydrogen-bond donors (Lipinski definition) is 1. The lowest BCUT2D eigenvalue weighted by molar-refractivity contribution is 0.0581. The fourth-order valence-electron chi connectivity index (χ4n) is 1.63. The van der Waals surface area contributed by atoms with Gasteiger partial charge in [-0.2, -0.15) is 0 Å². The summed E-state index contributed by atoms with van der Waals surface area (Å²) >= 11 is 3.32. The molecule has 1 rings (SSSR count). The van der Waals surface area contributed by atoms with Crippen molar-refractivity contribution >= 4 is 27.8 Å². The Labute approximate surface area is 121 Å². The third kappa shape index (κ3) is 5.03. The molecule has 1 atom stereocenters. The van der Waals surface area contributed by atoms with Gasteiger partial charge < -0.3 is 10.1 Å². The number of ketones is 1. The summed E-state index contributed by atoms with van der Waals surface area (Å²) in [4.78, 5) is 23.6. The van der Waals surface area contributed by atoms with E-state index in [9.17, 15) is 9.59 Å². The molecule has 0 aliphatic heterocycles. The predicted octanol–water partition coefficient (Wildman–Crippen LogP) is 3.40. The molecule has 0 saturated heterocycles. The first-order chi connectivity index (χ1) is 8.93. The number of ether oxygens (including phenoxy) is 1. The van der Waals surface area contributed by atoms with Crippen molar-refractivity contribution in [1.82, 2.24) is 5.32 Å². The number of Topliss-reactive ketones (excluding diaryl/α,β-unsaturated/α-hetero) is 1. The zero-order chi connectivity index (χ0) is 14.4. The second-order valence-corrected chi connectivity index (χ2v) is 5.56. The molecule has 0 heterocycles. The van der Waals surface area contributed by atoms with E-state index < -0.39 is 12.2 Å². The standard InChI is InChI=1S/C14H18BrNO3/c1-9(2)8-12(19-14(18)16-3)13(17)10-4-6-11(15)7-5-10/h4-7,9,12H,8H2,1-3H3,(H,16,18). The maximum absolute atomic E-state index is 12.3. The molecule has 104 valence electrons. The van der Waals surface area contributed by atoms with Crippen molar-refractivity contribution in [3.8, 4) is 0 Å². The summed E-state index contributed by atoms with van der Waals surface area (Å²) in [6, 6.07) is 7.01. The first-order valence-electron chi connectivity index (χ1n) is 6.12. The SMILES string of the molecule is CNC(=O)OC(CC(C)C)C(=O)c1ccc(Br)cc1. The van der Waals surface area contributed by atoms with Gasteiger partial charge in [0.15, 0.2) is 6.10 Å². The molecular weight excluding hydrogens is 310 g/mol. The lowest BCUT2D eigenvalue weighted by atomic mass is 9.98. The smallest absolute Gasteiger partial charge is 0.407 e. The molecule has 0 spiro atoms. The minimum absolute atomic E-state index is 0.176. The largest absolute Gasteiger partial charge is 0.438 e. The number of rotatable bonds is 5. The lowest BCUT2D eigenvalue weighted by Crippen LogP contribution is -2.32. The number of halogens is 1. The van der Waals surface area contributed by atoms with Crippen LogP contribution in [0.3, 0.4) is 0 Å². The second-order valence-electron chi connectivity index (χ2n) is 4.64. The molecule has 0 aliphatic rings. The van der Waals surface area contributed by atoms with E-state index in [1.54, 1.807) is 24.3 Å². The van der Waals surface area contributed by atoms with Crippen LogP contribution in [0.25, 0.3) is 0 Å². The highest BCUT2D eigenvalue weighted by Crippen LogP contribution is 2.17. The molecule has 0 fully saturated rings. The van der Waals surface area contributed by atoms with E-state index in [1.807, 2.05) is 13.8 Å². The summed E-state index contributed by atoms with van der Waals surface area (Å²) < 4.78 is 6.05. The lowest BCUT2D eigenvalue weighted by Gasteiger charge is -2.18. The fraction of sp³-hybridized carbons (Fsp3) is 0.429.